The van der Waals surface area contributed by atoms with Crippen LogP contribution >= 0.6 is 34.5 Å². The zero-order valence-electron chi connectivity index (χ0n) is 19.9. The molecule has 2 aliphatic heterocycles. The van der Waals surface area contributed by atoms with Gasteiger partial charge in [-0.05, 0) is 55.7 Å². The van der Waals surface area contributed by atoms with Crippen molar-refractivity contribution in [3.05, 3.63) is 79.6 Å². The summed E-state index contributed by atoms with van der Waals surface area (Å²) < 4.78 is 4.95. The topological polar surface area (TPSA) is 76.2 Å². The van der Waals surface area contributed by atoms with E-state index in [-0.39, 0.29) is 10.6 Å². The van der Waals surface area contributed by atoms with Crippen LogP contribution in [0.1, 0.15) is 38.0 Å². The van der Waals surface area contributed by atoms with Gasteiger partial charge in [-0.1, -0.05) is 47.5 Å². The van der Waals surface area contributed by atoms with Gasteiger partial charge in [0.25, 0.3) is 5.91 Å². The first-order valence-electron chi connectivity index (χ1n) is 11.2. The summed E-state index contributed by atoms with van der Waals surface area (Å²) >= 11 is 14.0. The predicted octanol–water partition coefficient (Wildman–Crippen LogP) is 5.82. The number of anilines is 2. The highest BCUT2D eigenvalue weighted by Crippen LogP contribution is 2.51. The maximum Gasteiger partial charge on any atom is 0.341 e. The number of aryl methyl sites for hydroxylation is 2. The largest absolute Gasteiger partial charge is 0.465 e. The first-order chi connectivity index (χ1) is 17.1. The number of amides is 2. The van der Waals surface area contributed by atoms with Crippen molar-refractivity contribution in [3.8, 4) is 0 Å². The molecule has 1 aromatic heterocycles. The van der Waals surface area contributed by atoms with Gasteiger partial charge in [0.05, 0.1) is 24.4 Å². The number of hydrogen-bond donors (Lipinski definition) is 0. The molecule has 5 rings (SSSR count). The highest BCUT2D eigenvalue weighted by Gasteiger charge is 2.61. The fourth-order valence-electron chi connectivity index (χ4n) is 4.80. The molecule has 0 bridgehead atoms. The lowest BCUT2D eigenvalue weighted by atomic mass is 9.90. The molecule has 0 aliphatic carbocycles. The number of thiophene rings is 1. The lowest BCUT2D eigenvalue weighted by Crippen LogP contribution is -2.38. The quantitative estimate of drug-likeness (QED) is 0.304. The molecular formula is C26H22Cl2N2O5S. The number of benzene rings is 2. The second-order valence-corrected chi connectivity index (χ2v) is 10.8. The molecule has 36 heavy (non-hydrogen) atoms. The van der Waals surface area contributed by atoms with Gasteiger partial charge in [-0.2, -0.15) is 0 Å². The van der Waals surface area contributed by atoms with Gasteiger partial charge >= 0.3 is 5.97 Å². The van der Waals surface area contributed by atoms with Crippen LogP contribution in [0.2, 0.25) is 10.0 Å². The Balaban J connectivity index is 1.65. The Labute approximate surface area is 222 Å². The minimum absolute atomic E-state index is 0.207. The summed E-state index contributed by atoms with van der Waals surface area (Å²) in [6.45, 7) is 5.51. The van der Waals surface area contributed by atoms with Crippen LogP contribution < -0.4 is 9.96 Å². The first-order valence-corrected chi connectivity index (χ1v) is 12.8. The average molecular weight is 545 g/mol. The van der Waals surface area contributed by atoms with Gasteiger partial charge < -0.3 is 4.74 Å². The number of esters is 1. The molecule has 2 aromatic carbocycles. The van der Waals surface area contributed by atoms with Gasteiger partial charge in [0.1, 0.15) is 10.9 Å². The number of nitrogens with zero attached hydrogens (tertiary/aromatic N) is 2. The van der Waals surface area contributed by atoms with Crippen LogP contribution in [0.15, 0.2) is 42.5 Å². The summed E-state index contributed by atoms with van der Waals surface area (Å²) in [6, 6.07) is 11.9. The number of fused-ring (bicyclic) bond motifs is 1. The Morgan fingerprint density at radius 2 is 1.78 bits per heavy atom. The predicted molar refractivity (Wildman–Crippen MR) is 139 cm³/mol. The van der Waals surface area contributed by atoms with Gasteiger partial charge in [-0.15, -0.1) is 11.3 Å². The molecule has 0 radical (unpaired) electrons. The van der Waals surface area contributed by atoms with Crippen molar-refractivity contribution in [2.75, 3.05) is 17.1 Å². The molecule has 0 N–H and O–H groups in total. The number of hydrogen-bond acceptors (Lipinski definition) is 7. The van der Waals surface area contributed by atoms with Gasteiger partial charge in [0.15, 0.2) is 6.10 Å². The maximum absolute atomic E-state index is 14.0. The minimum atomic E-state index is -1.10. The number of methoxy groups -OCH3 is 1. The summed E-state index contributed by atoms with van der Waals surface area (Å²) in [5, 5.41) is 2.64. The Bertz CT molecular complexity index is 1420. The fraction of sp³-hybridized carbons (Fsp3) is 0.269. The van der Waals surface area contributed by atoms with Crippen molar-refractivity contribution >= 4 is 63.0 Å². The number of imide groups is 1. The number of carbonyl (C=O) groups excluding carboxylic acids is 3. The zero-order chi connectivity index (χ0) is 25.9. The van der Waals surface area contributed by atoms with E-state index in [1.165, 1.54) is 18.4 Å². The molecule has 10 heteroatoms. The van der Waals surface area contributed by atoms with E-state index in [0.717, 1.165) is 15.3 Å². The van der Waals surface area contributed by atoms with Crippen molar-refractivity contribution in [2.45, 2.75) is 32.9 Å². The number of hydroxylamine groups is 1. The summed E-state index contributed by atoms with van der Waals surface area (Å²) in [4.78, 5) is 48.4. The summed E-state index contributed by atoms with van der Waals surface area (Å²) in [6.07, 6.45) is -1.10. The number of carbonyl (C=O) groups is 3. The van der Waals surface area contributed by atoms with Crippen LogP contribution in [0.25, 0.3) is 0 Å². The van der Waals surface area contributed by atoms with Gasteiger partial charge in [-0.3, -0.25) is 14.4 Å². The van der Waals surface area contributed by atoms with Gasteiger partial charge in [0.2, 0.25) is 5.91 Å². The number of ether oxygens (including phenoxy) is 1. The van der Waals surface area contributed by atoms with E-state index in [1.807, 2.05) is 38.1 Å². The summed E-state index contributed by atoms with van der Waals surface area (Å²) in [5.41, 5.74) is 3.10. The molecule has 3 atom stereocenters. The normalized spacial score (nSPS) is 21.3. The third kappa shape index (κ3) is 3.71. The second kappa shape index (κ2) is 9.19. The van der Waals surface area contributed by atoms with E-state index in [0.29, 0.717) is 26.9 Å². The van der Waals surface area contributed by atoms with Gasteiger partial charge in [-0.25, -0.2) is 14.8 Å². The lowest BCUT2D eigenvalue weighted by Gasteiger charge is -2.30. The van der Waals surface area contributed by atoms with Crippen molar-refractivity contribution in [3.63, 3.8) is 0 Å². The SMILES string of the molecule is COC(=O)c1c(N2C(=O)[C@H]3[C@@H](ON(c4ccccc4C)[C@H]3c3ccc(Cl)cc3Cl)C2=O)sc(C)c1C. The van der Waals surface area contributed by atoms with Crippen LogP contribution in [-0.4, -0.2) is 31.0 Å². The van der Waals surface area contributed by atoms with Crippen molar-refractivity contribution < 1.29 is 24.0 Å². The monoisotopic (exact) mass is 544 g/mol. The van der Waals surface area contributed by atoms with Crippen molar-refractivity contribution in [1.29, 1.82) is 0 Å². The van der Waals surface area contributed by atoms with E-state index >= 15 is 0 Å². The Hall–Kier alpha value is -2.91. The Morgan fingerprint density at radius 3 is 2.44 bits per heavy atom. The van der Waals surface area contributed by atoms with E-state index < -0.39 is 35.8 Å². The Morgan fingerprint density at radius 1 is 1.06 bits per heavy atom. The number of halogens is 2. The van der Waals surface area contributed by atoms with Crippen molar-refractivity contribution in [1.82, 2.24) is 0 Å². The van der Waals surface area contributed by atoms with E-state index in [4.69, 9.17) is 32.8 Å². The van der Waals surface area contributed by atoms with Crippen LogP contribution in [0.5, 0.6) is 0 Å². The van der Waals surface area contributed by atoms with Crippen LogP contribution in [-0.2, 0) is 19.2 Å². The molecule has 2 saturated heterocycles. The molecule has 3 aromatic rings. The molecule has 186 valence electrons. The standard InChI is InChI=1S/C26H22Cl2N2O5S/c1-12-7-5-6-8-18(12)30-21(16-10-9-15(27)11-17(16)28)20-22(35-30)24(32)29(23(20)31)25-19(26(33)34-4)13(2)14(3)36-25/h5-11,20-22H,1-4H3/t20-,21+,22-/m1/s1. The van der Waals surface area contributed by atoms with Crippen LogP contribution in [0.3, 0.4) is 0 Å². The molecule has 0 spiro atoms. The fourth-order valence-corrected chi connectivity index (χ4v) is 6.48. The summed E-state index contributed by atoms with van der Waals surface area (Å²) in [5.74, 6) is -2.51. The smallest absolute Gasteiger partial charge is 0.341 e. The maximum atomic E-state index is 14.0. The van der Waals surface area contributed by atoms with E-state index in [9.17, 15) is 14.4 Å². The molecule has 0 saturated carbocycles. The van der Waals surface area contributed by atoms with Crippen molar-refractivity contribution in [2.24, 2.45) is 5.92 Å². The molecule has 2 amide bonds. The first kappa shape index (κ1) is 24.8. The van der Waals surface area contributed by atoms with E-state index in [2.05, 4.69) is 0 Å². The van der Waals surface area contributed by atoms with Crippen LogP contribution in [0.4, 0.5) is 10.7 Å². The molecule has 3 heterocycles. The molecular weight excluding hydrogens is 523 g/mol. The third-order valence-corrected chi connectivity index (χ3v) is 8.46. The van der Waals surface area contributed by atoms with E-state index in [1.54, 1.807) is 30.2 Å². The number of para-hydroxylation sites is 1. The Kier molecular flexibility index (Phi) is 6.32. The minimum Gasteiger partial charge on any atom is -0.465 e. The number of rotatable bonds is 4. The summed E-state index contributed by atoms with van der Waals surface area (Å²) in [7, 11) is 1.27. The molecule has 7 nitrogen and oxygen atoms in total. The van der Waals surface area contributed by atoms with Crippen LogP contribution in [0, 0.1) is 26.7 Å². The van der Waals surface area contributed by atoms with Gasteiger partial charge in [0, 0.05) is 14.9 Å². The lowest BCUT2D eigenvalue weighted by molar-refractivity contribution is -0.126. The third-order valence-electron chi connectivity index (χ3n) is 6.71. The second-order valence-electron chi connectivity index (χ2n) is 8.74. The highest BCUT2D eigenvalue weighted by atomic mass is 35.5. The highest BCUT2D eigenvalue weighted by molar-refractivity contribution is 7.17. The average Bonchev–Trinajstić information content (AvgIpc) is 3.44. The zero-order valence-corrected chi connectivity index (χ0v) is 22.2. The molecule has 2 fully saturated rings. The molecule has 2 aliphatic rings. The molecule has 0 unspecified atom stereocenters.